The third-order valence-electron chi connectivity index (χ3n) is 1.65. The molecule has 0 aliphatic heterocycles. The highest BCUT2D eigenvalue weighted by Gasteiger charge is 2.29. The van der Waals surface area contributed by atoms with Crippen LogP contribution in [0.3, 0.4) is 0 Å². The van der Waals surface area contributed by atoms with Crippen molar-refractivity contribution in [3.05, 3.63) is 0 Å². The first-order chi connectivity index (χ1) is 3.77. The predicted octanol–water partition coefficient (Wildman–Crippen LogP) is 1.89. The van der Waals surface area contributed by atoms with E-state index in [1.165, 1.54) is 12.8 Å². The molecule has 1 aliphatic carbocycles. The van der Waals surface area contributed by atoms with E-state index in [1.807, 2.05) is 0 Å². The molecule has 1 fully saturated rings. The smallest absolute Gasteiger partial charge is 0.136 e. The maximum Gasteiger partial charge on any atom is 0.136 e. The average Bonchev–Trinajstić information content (AvgIpc) is 2.17. The maximum atomic E-state index is 10.3. The molecule has 1 saturated carbocycles. The normalized spacial score (nSPS) is 25.6. The number of carbonyl (C=O) groups excluding carboxylic acids is 1. The summed E-state index contributed by atoms with van der Waals surface area (Å²) in [6.45, 7) is 0. The Labute approximate surface area is 57.6 Å². The van der Waals surface area contributed by atoms with Crippen LogP contribution in [0.5, 0.6) is 0 Å². The Hall–Kier alpha value is 0.150. The van der Waals surface area contributed by atoms with Gasteiger partial charge >= 0.3 is 0 Å². The zero-order valence-corrected chi connectivity index (χ0v) is 6.28. The molecule has 1 rings (SSSR count). The van der Waals surface area contributed by atoms with Crippen LogP contribution in [0.2, 0.25) is 0 Å². The molecule has 0 heterocycles. The molecule has 0 atom stereocenters. The van der Waals surface area contributed by atoms with Crippen molar-refractivity contribution in [3.63, 3.8) is 0 Å². The number of hydrogen-bond acceptors (Lipinski definition) is 1. The molecule has 0 bridgehead atoms. The van der Waals surface area contributed by atoms with Gasteiger partial charge in [0.05, 0.1) is 4.32 Å². The van der Waals surface area contributed by atoms with Crippen LogP contribution >= 0.6 is 15.9 Å². The lowest BCUT2D eigenvalue weighted by atomic mass is 10.1. The minimum Gasteiger partial charge on any atom is -0.302 e. The Balaban J connectivity index is 2.52. The fourth-order valence-corrected chi connectivity index (χ4v) is 1.64. The molecule has 0 aromatic carbocycles. The molecule has 1 nitrogen and oxygen atoms in total. The Morgan fingerprint density at radius 3 is 2.12 bits per heavy atom. The molecule has 1 aliphatic rings. The second-order valence-electron chi connectivity index (χ2n) is 2.36. The van der Waals surface area contributed by atoms with Crippen molar-refractivity contribution >= 4 is 22.2 Å². The lowest BCUT2D eigenvalue weighted by Gasteiger charge is -2.09. The summed E-state index contributed by atoms with van der Waals surface area (Å²) in [5.41, 5.74) is 0. The first-order valence-electron chi connectivity index (χ1n) is 2.92. The summed E-state index contributed by atoms with van der Waals surface area (Å²) < 4.78 is -0.132. The Bertz CT molecular complexity index is 94.7. The molecule has 0 radical (unpaired) electrons. The number of hydrogen-bond donors (Lipinski definition) is 0. The first-order valence-corrected chi connectivity index (χ1v) is 3.71. The van der Waals surface area contributed by atoms with Gasteiger partial charge in [-0.25, -0.2) is 0 Å². The zero-order chi connectivity index (χ0) is 6.04. The summed E-state index contributed by atoms with van der Waals surface area (Å²) in [5, 5.41) is 0. The zero-order valence-electron chi connectivity index (χ0n) is 4.69. The van der Waals surface area contributed by atoms with Crippen LogP contribution in [-0.4, -0.2) is 10.6 Å². The molecule has 0 N–H and O–H groups in total. The van der Waals surface area contributed by atoms with E-state index in [4.69, 9.17) is 0 Å². The average molecular weight is 177 g/mol. The van der Waals surface area contributed by atoms with Crippen molar-refractivity contribution in [2.45, 2.75) is 30.0 Å². The highest BCUT2D eigenvalue weighted by molar-refractivity contribution is 9.10. The molecule has 8 heavy (non-hydrogen) atoms. The first kappa shape index (κ1) is 6.27. The van der Waals surface area contributed by atoms with Crippen molar-refractivity contribution in [3.8, 4) is 0 Å². The lowest BCUT2D eigenvalue weighted by Crippen LogP contribution is -2.15. The number of halogens is 1. The fourth-order valence-electron chi connectivity index (χ4n) is 1.08. The van der Waals surface area contributed by atoms with Crippen molar-refractivity contribution in [1.82, 2.24) is 0 Å². The van der Waals surface area contributed by atoms with Gasteiger partial charge in [0.1, 0.15) is 6.29 Å². The van der Waals surface area contributed by atoms with Crippen LogP contribution in [0.4, 0.5) is 0 Å². The van der Waals surface area contributed by atoms with Gasteiger partial charge in [-0.05, 0) is 12.8 Å². The van der Waals surface area contributed by atoms with Gasteiger partial charge in [0, 0.05) is 0 Å². The maximum absolute atomic E-state index is 10.3. The highest BCUT2D eigenvalue weighted by atomic mass is 79.9. The van der Waals surface area contributed by atoms with Crippen LogP contribution in [0, 0.1) is 0 Å². The van der Waals surface area contributed by atoms with Gasteiger partial charge in [-0.1, -0.05) is 28.8 Å². The summed E-state index contributed by atoms with van der Waals surface area (Å²) in [6, 6.07) is 0. The van der Waals surface area contributed by atoms with Gasteiger partial charge in [0.25, 0.3) is 0 Å². The van der Waals surface area contributed by atoms with Crippen molar-refractivity contribution in [2.24, 2.45) is 0 Å². The van der Waals surface area contributed by atoms with Crippen LogP contribution in [-0.2, 0) is 4.79 Å². The van der Waals surface area contributed by atoms with Crippen molar-refractivity contribution < 1.29 is 4.79 Å². The van der Waals surface area contributed by atoms with Crippen LogP contribution in [0.15, 0.2) is 0 Å². The molecule has 46 valence electrons. The van der Waals surface area contributed by atoms with E-state index < -0.39 is 0 Å². The summed E-state index contributed by atoms with van der Waals surface area (Å²) in [7, 11) is 0. The quantitative estimate of drug-likeness (QED) is 0.441. The van der Waals surface area contributed by atoms with E-state index in [0.29, 0.717) is 0 Å². The number of alkyl halides is 1. The molecular formula is C6H9BrO. The SMILES string of the molecule is O=CC1(Br)CCCC1. The van der Waals surface area contributed by atoms with Crippen molar-refractivity contribution in [1.29, 1.82) is 0 Å². The number of aldehydes is 1. The minimum atomic E-state index is -0.132. The molecule has 2 heteroatoms. The second-order valence-corrected chi connectivity index (χ2v) is 3.94. The summed E-state index contributed by atoms with van der Waals surface area (Å²) in [4.78, 5) is 10.3. The van der Waals surface area contributed by atoms with E-state index in [9.17, 15) is 4.79 Å². The molecular weight excluding hydrogens is 168 g/mol. The topological polar surface area (TPSA) is 17.1 Å². The summed E-state index contributed by atoms with van der Waals surface area (Å²) in [6.07, 6.45) is 5.47. The molecule has 0 unspecified atom stereocenters. The second kappa shape index (κ2) is 2.18. The molecule has 0 saturated heterocycles. The molecule has 0 aromatic heterocycles. The fraction of sp³-hybridized carbons (Fsp3) is 0.833. The standard InChI is InChI=1S/C6H9BrO/c7-6(5-8)3-1-2-4-6/h5H,1-4H2. The molecule has 0 aromatic rings. The monoisotopic (exact) mass is 176 g/mol. The highest BCUT2D eigenvalue weighted by Crippen LogP contribution is 2.35. The minimum absolute atomic E-state index is 0.132. The Kier molecular flexibility index (Phi) is 1.71. The van der Waals surface area contributed by atoms with E-state index in [-0.39, 0.29) is 4.32 Å². The van der Waals surface area contributed by atoms with Gasteiger partial charge in [-0.2, -0.15) is 0 Å². The Morgan fingerprint density at radius 2 is 1.88 bits per heavy atom. The van der Waals surface area contributed by atoms with E-state index in [2.05, 4.69) is 15.9 Å². The lowest BCUT2D eigenvalue weighted by molar-refractivity contribution is -0.109. The number of carbonyl (C=O) groups is 1. The van der Waals surface area contributed by atoms with Crippen LogP contribution < -0.4 is 0 Å². The van der Waals surface area contributed by atoms with Crippen LogP contribution in [0.1, 0.15) is 25.7 Å². The van der Waals surface area contributed by atoms with Gasteiger partial charge in [0.2, 0.25) is 0 Å². The summed E-state index contributed by atoms with van der Waals surface area (Å²) in [5.74, 6) is 0. The van der Waals surface area contributed by atoms with Crippen LogP contribution in [0.25, 0.3) is 0 Å². The third kappa shape index (κ3) is 1.10. The predicted molar refractivity (Wildman–Crippen MR) is 36.2 cm³/mol. The van der Waals surface area contributed by atoms with Crippen molar-refractivity contribution in [2.75, 3.05) is 0 Å². The van der Waals surface area contributed by atoms with E-state index >= 15 is 0 Å². The number of rotatable bonds is 1. The largest absolute Gasteiger partial charge is 0.302 e. The molecule has 0 spiro atoms. The third-order valence-corrected chi connectivity index (χ3v) is 2.63. The van der Waals surface area contributed by atoms with E-state index in [1.54, 1.807) is 0 Å². The summed E-state index contributed by atoms with van der Waals surface area (Å²) >= 11 is 3.38. The van der Waals surface area contributed by atoms with Gasteiger partial charge in [-0.15, -0.1) is 0 Å². The Morgan fingerprint density at radius 1 is 1.38 bits per heavy atom. The molecule has 0 amide bonds. The van der Waals surface area contributed by atoms with Gasteiger partial charge in [-0.3, -0.25) is 0 Å². The van der Waals surface area contributed by atoms with Gasteiger partial charge in [0.15, 0.2) is 0 Å². The van der Waals surface area contributed by atoms with Gasteiger partial charge < -0.3 is 4.79 Å². The van der Waals surface area contributed by atoms with E-state index in [0.717, 1.165) is 19.1 Å².